The van der Waals surface area contributed by atoms with Crippen LogP contribution in [0.4, 0.5) is 5.69 Å². The molecule has 0 amide bonds. The van der Waals surface area contributed by atoms with Gasteiger partial charge in [0.1, 0.15) is 0 Å². The van der Waals surface area contributed by atoms with Gasteiger partial charge in [0.15, 0.2) is 0 Å². The molecule has 0 heterocycles. The van der Waals surface area contributed by atoms with Crippen LogP contribution in [0.2, 0.25) is 0 Å². The summed E-state index contributed by atoms with van der Waals surface area (Å²) in [5, 5.41) is 3.39. The van der Waals surface area contributed by atoms with Crippen molar-refractivity contribution in [1.82, 2.24) is 0 Å². The number of hydrogen-bond donors (Lipinski definition) is 1. The third-order valence-electron chi connectivity index (χ3n) is 2.69. The van der Waals surface area contributed by atoms with Crippen LogP contribution >= 0.6 is 0 Å². The second-order valence-corrected chi connectivity index (χ2v) is 4.75. The van der Waals surface area contributed by atoms with Crippen molar-refractivity contribution in [3.63, 3.8) is 0 Å². The second-order valence-electron chi connectivity index (χ2n) is 4.75. The Morgan fingerprint density at radius 3 is 2.18 bits per heavy atom. The van der Waals surface area contributed by atoms with Crippen molar-refractivity contribution in [1.29, 1.82) is 0 Å². The molecular formula is C16H19N. The van der Waals surface area contributed by atoms with Crippen LogP contribution in [0.5, 0.6) is 0 Å². The van der Waals surface area contributed by atoms with E-state index in [4.69, 9.17) is 0 Å². The molecule has 0 aliphatic rings. The molecule has 0 fully saturated rings. The molecule has 2 rings (SSSR count). The summed E-state index contributed by atoms with van der Waals surface area (Å²) in [7, 11) is 0. The van der Waals surface area contributed by atoms with Crippen molar-refractivity contribution in [2.75, 3.05) is 5.32 Å². The first-order valence-electron chi connectivity index (χ1n) is 6.09. The van der Waals surface area contributed by atoms with Crippen LogP contribution in [0.15, 0.2) is 48.5 Å². The van der Waals surface area contributed by atoms with Gasteiger partial charge in [0, 0.05) is 11.7 Å². The van der Waals surface area contributed by atoms with Gasteiger partial charge in [0.05, 0.1) is 0 Å². The number of hydrogen-bond acceptors (Lipinski definition) is 1. The average Bonchev–Trinajstić information content (AvgIpc) is 2.29. The fourth-order valence-electron chi connectivity index (χ4n) is 1.92. The monoisotopic (exact) mass is 225 g/mol. The van der Waals surface area contributed by atoms with E-state index in [1.54, 1.807) is 0 Å². The summed E-state index contributed by atoms with van der Waals surface area (Å²) in [6.45, 7) is 6.42. The number of aryl methyl sites for hydroxylation is 1. The second kappa shape index (κ2) is 5.05. The van der Waals surface area contributed by atoms with Gasteiger partial charge in [0.25, 0.3) is 0 Å². The highest BCUT2D eigenvalue weighted by Crippen LogP contribution is 2.22. The van der Waals surface area contributed by atoms with E-state index < -0.39 is 0 Å². The van der Waals surface area contributed by atoms with Crippen molar-refractivity contribution < 1.29 is 0 Å². The Kier molecular flexibility index (Phi) is 3.48. The molecule has 0 saturated heterocycles. The molecule has 0 unspecified atom stereocenters. The first kappa shape index (κ1) is 11.7. The van der Waals surface area contributed by atoms with Gasteiger partial charge in [-0.3, -0.25) is 0 Å². The number of nitrogens with one attached hydrogen (secondary N) is 1. The molecule has 0 aliphatic carbocycles. The summed E-state index contributed by atoms with van der Waals surface area (Å²) in [5.41, 5.74) is 5.02. The molecule has 88 valence electrons. The molecule has 0 atom stereocenters. The SMILES string of the molecule is Cc1cccc(-c2ccc(NC(C)C)cc2)c1. The van der Waals surface area contributed by atoms with Crippen molar-refractivity contribution >= 4 is 5.69 Å². The molecule has 0 saturated carbocycles. The average molecular weight is 225 g/mol. The van der Waals surface area contributed by atoms with E-state index in [1.165, 1.54) is 22.4 Å². The normalized spacial score (nSPS) is 10.6. The molecule has 1 N–H and O–H groups in total. The van der Waals surface area contributed by atoms with Gasteiger partial charge in [-0.05, 0) is 44.0 Å². The fourth-order valence-corrected chi connectivity index (χ4v) is 1.92. The van der Waals surface area contributed by atoms with Crippen LogP contribution in [-0.2, 0) is 0 Å². The molecule has 0 spiro atoms. The summed E-state index contributed by atoms with van der Waals surface area (Å²) >= 11 is 0. The predicted molar refractivity (Wildman–Crippen MR) is 75.4 cm³/mol. The molecule has 1 heteroatoms. The highest BCUT2D eigenvalue weighted by atomic mass is 14.9. The van der Waals surface area contributed by atoms with Crippen LogP contribution in [-0.4, -0.2) is 6.04 Å². The van der Waals surface area contributed by atoms with Crippen LogP contribution in [0.1, 0.15) is 19.4 Å². The Hall–Kier alpha value is -1.76. The van der Waals surface area contributed by atoms with Crippen LogP contribution < -0.4 is 5.32 Å². The molecular weight excluding hydrogens is 206 g/mol. The number of anilines is 1. The third-order valence-corrected chi connectivity index (χ3v) is 2.69. The molecule has 2 aromatic rings. The quantitative estimate of drug-likeness (QED) is 0.812. The summed E-state index contributed by atoms with van der Waals surface area (Å²) in [6, 6.07) is 17.7. The molecule has 0 bridgehead atoms. The zero-order valence-corrected chi connectivity index (χ0v) is 10.7. The Morgan fingerprint density at radius 2 is 1.59 bits per heavy atom. The van der Waals surface area contributed by atoms with E-state index in [0.29, 0.717) is 6.04 Å². The van der Waals surface area contributed by atoms with Gasteiger partial charge >= 0.3 is 0 Å². The van der Waals surface area contributed by atoms with E-state index in [9.17, 15) is 0 Å². The van der Waals surface area contributed by atoms with Crippen molar-refractivity contribution in [2.45, 2.75) is 26.8 Å². The van der Waals surface area contributed by atoms with Crippen LogP contribution in [0.3, 0.4) is 0 Å². The lowest BCUT2D eigenvalue weighted by Gasteiger charge is -2.10. The smallest absolute Gasteiger partial charge is 0.0342 e. The maximum Gasteiger partial charge on any atom is 0.0342 e. The van der Waals surface area contributed by atoms with Crippen molar-refractivity contribution in [2.24, 2.45) is 0 Å². The minimum absolute atomic E-state index is 0.472. The Bertz CT molecular complexity index is 483. The first-order valence-corrected chi connectivity index (χ1v) is 6.09. The van der Waals surface area contributed by atoms with E-state index >= 15 is 0 Å². The van der Waals surface area contributed by atoms with Gasteiger partial charge in [-0.1, -0.05) is 42.0 Å². The van der Waals surface area contributed by atoms with Crippen molar-refractivity contribution in [3.8, 4) is 11.1 Å². The van der Waals surface area contributed by atoms with Crippen LogP contribution in [0, 0.1) is 6.92 Å². The van der Waals surface area contributed by atoms with Crippen molar-refractivity contribution in [3.05, 3.63) is 54.1 Å². The lowest BCUT2D eigenvalue weighted by Crippen LogP contribution is -2.09. The van der Waals surface area contributed by atoms with Gasteiger partial charge in [0.2, 0.25) is 0 Å². The summed E-state index contributed by atoms with van der Waals surface area (Å²) < 4.78 is 0. The highest BCUT2D eigenvalue weighted by molar-refractivity contribution is 5.66. The highest BCUT2D eigenvalue weighted by Gasteiger charge is 1.99. The van der Waals surface area contributed by atoms with E-state index in [0.717, 1.165) is 0 Å². The fraction of sp³-hybridized carbons (Fsp3) is 0.250. The maximum absolute atomic E-state index is 3.39. The zero-order chi connectivity index (χ0) is 12.3. The molecule has 17 heavy (non-hydrogen) atoms. The van der Waals surface area contributed by atoms with E-state index in [2.05, 4.69) is 74.6 Å². The third kappa shape index (κ3) is 3.10. The molecule has 2 aromatic carbocycles. The predicted octanol–water partition coefficient (Wildman–Crippen LogP) is 4.48. The van der Waals surface area contributed by atoms with Gasteiger partial charge in [-0.15, -0.1) is 0 Å². The molecule has 1 nitrogen and oxygen atoms in total. The number of benzene rings is 2. The maximum atomic E-state index is 3.39. The summed E-state index contributed by atoms with van der Waals surface area (Å²) in [4.78, 5) is 0. The van der Waals surface area contributed by atoms with Gasteiger partial charge in [-0.25, -0.2) is 0 Å². The molecule has 0 aromatic heterocycles. The number of rotatable bonds is 3. The van der Waals surface area contributed by atoms with Gasteiger partial charge in [-0.2, -0.15) is 0 Å². The molecule has 0 aliphatic heterocycles. The summed E-state index contributed by atoms with van der Waals surface area (Å²) in [5.74, 6) is 0. The minimum atomic E-state index is 0.472. The van der Waals surface area contributed by atoms with E-state index in [1.807, 2.05) is 0 Å². The Morgan fingerprint density at radius 1 is 0.882 bits per heavy atom. The summed E-state index contributed by atoms with van der Waals surface area (Å²) in [6.07, 6.45) is 0. The van der Waals surface area contributed by atoms with Gasteiger partial charge < -0.3 is 5.32 Å². The largest absolute Gasteiger partial charge is 0.383 e. The van der Waals surface area contributed by atoms with Crippen LogP contribution in [0.25, 0.3) is 11.1 Å². The first-order chi connectivity index (χ1) is 8.15. The zero-order valence-electron chi connectivity index (χ0n) is 10.7. The lowest BCUT2D eigenvalue weighted by molar-refractivity contribution is 0.900. The Balaban J connectivity index is 2.23. The molecule has 0 radical (unpaired) electrons. The lowest BCUT2D eigenvalue weighted by atomic mass is 10.0. The standard InChI is InChI=1S/C16H19N/c1-12(2)17-16-9-7-14(8-10-16)15-6-4-5-13(3)11-15/h4-12,17H,1-3H3. The topological polar surface area (TPSA) is 12.0 Å². The Labute approximate surface area is 103 Å². The van der Waals surface area contributed by atoms with E-state index in [-0.39, 0.29) is 0 Å². The minimum Gasteiger partial charge on any atom is -0.383 e.